The van der Waals surface area contributed by atoms with Gasteiger partial charge in [0.1, 0.15) is 17.4 Å². The fraction of sp³-hybridized carbons (Fsp3) is 0.172. The zero-order valence-corrected chi connectivity index (χ0v) is 25.1. The van der Waals surface area contributed by atoms with Gasteiger partial charge >= 0.3 is 0 Å². The van der Waals surface area contributed by atoms with Crippen LogP contribution in [0, 0.1) is 3.57 Å². The van der Waals surface area contributed by atoms with Gasteiger partial charge in [-0.15, -0.1) is 11.3 Å². The highest BCUT2D eigenvalue weighted by Crippen LogP contribution is 2.40. The van der Waals surface area contributed by atoms with Crippen LogP contribution < -0.4 is 10.1 Å². The Labute approximate surface area is 247 Å². The number of anilines is 1. The van der Waals surface area contributed by atoms with E-state index in [4.69, 9.17) is 21.3 Å². The lowest BCUT2D eigenvalue weighted by Crippen LogP contribution is -2.14. The molecule has 8 heteroatoms. The summed E-state index contributed by atoms with van der Waals surface area (Å²) >= 11 is 13.8. The van der Waals surface area contributed by atoms with E-state index in [1.807, 2.05) is 72.9 Å². The van der Waals surface area contributed by atoms with E-state index in [1.54, 1.807) is 11.3 Å². The molecule has 4 aromatic rings. The molecule has 0 radical (unpaired) electrons. The van der Waals surface area contributed by atoms with Crippen LogP contribution in [0.15, 0.2) is 76.2 Å². The van der Waals surface area contributed by atoms with Gasteiger partial charge in [0, 0.05) is 27.4 Å². The molecule has 3 aromatic carbocycles. The van der Waals surface area contributed by atoms with Crippen molar-refractivity contribution in [1.29, 1.82) is 0 Å². The second-order valence-corrected chi connectivity index (χ2v) is 12.2. The molecule has 188 valence electrons. The molecule has 0 unspecified atom stereocenters. The van der Waals surface area contributed by atoms with Crippen molar-refractivity contribution in [2.45, 2.75) is 32.3 Å². The molecule has 0 fully saturated rings. The standard InChI is InChI=1S/C29H23BrClIN2O2S/c30-22-14-18(15-24(32)27(22)36-17-19-8-4-6-12-23(19)31)16-33-29-26(21-11-5-7-13-25(21)37-29)28(35)34-20-9-2-1-3-10-20/h1-4,6,8-10,12,14-16H,5,7,11,13,17H2,(H,34,35). The number of rotatable bonds is 7. The molecule has 1 heterocycles. The van der Waals surface area contributed by atoms with Gasteiger partial charge in [-0.2, -0.15) is 0 Å². The minimum atomic E-state index is -0.100. The van der Waals surface area contributed by atoms with Gasteiger partial charge in [0.2, 0.25) is 0 Å². The molecule has 1 aliphatic rings. The third-order valence-electron chi connectivity index (χ3n) is 6.09. The Morgan fingerprint density at radius 3 is 2.65 bits per heavy atom. The van der Waals surface area contributed by atoms with Crippen LogP contribution in [0.2, 0.25) is 5.02 Å². The summed E-state index contributed by atoms with van der Waals surface area (Å²) in [7, 11) is 0. The predicted octanol–water partition coefficient (Wildman–Crippen LogP) is 9.23. The molecule has 0 aliphatic heterocycles. The van der Waals surface area contributed by atoms with E-state index in [0.717, 1.165) is 66.9 Å². The topological polar surface area (TPSA) is 50.7 Å². The van der Waals surface area contributed by atoms with E-state index >= 15 is 0 Å². The Bertz CT molecular complexity index is 1450. The van der Waals surface area contributed by atoms with E-state index < -0.39 is 0 Å². The number of ether oxygens (including phenoxy) is 1. The number of benzene rings is 3. The van der Waals surface area contributed by atoms with Gasteiger partial charge in [0.05, 0.1) is 13.6 Å². The number of aliphatic imine (C=N–C) groups is 1. The molecule has 0 atom stereocenters. The fourth-order valence-corrected chi connectivity index (χ4v) is 7.47. The van der Waals surface area contributed by atoms with Crippen molar-refractivity contribution in [3.05, 3.63) is 107 Å². The summed E-state index contributed by atoms with van der Waals surface area (Å²) in [6, 6.07) is 21.2. The molecule has 0 saturated carbocycles. The van der Waals surface area contributed by atoms with Gasteiger partial charge in [-0.25, -0.2) is 4.99 Å². The van der Waals surface area contributed by atoms with Crippen LogP contribution in [0.25, 0.3) is 0 Å². The van der Waals surface area contributed by atoms with Crippen molar-refractivity contribution in [3.8, 4) is 5.75 Å². The third kappa shape index (κ3) is 6.28. The molecule has 0 saturated heterocycles. The Morgan fingerprint density at radius 1 is 1.11 bits per heavy atom. The van der Waals surface area contributed by atoms with Gasteiger partial charge in [-0.05, 0) is 106 Å². The lowest BCUT2D eigenvalue weighted by Gasteiger charge is -2.13. The number of halogens is 3. The number of fused-ring (bicyclic) bond motifs is 1. The zero-order valence-electron chi connectivity index (χ0n) is 19.8. The quantitative estimate of drug-likeness (QED) is 0.154. The zero-order chi connectivity index (χ0) is 25.8. The van der Waals surface area contributed by atoms with Crippen molar-refractivity contribution < 1.29 is 9.53 Å². The predicted molar refractivity (Wildman–Crippen MR) is 165 cm³/mol. The highest BCUT2D eigenvalue weighted by molar-refractivity contribution is 14.1. The Hall–Kier alpha value is -2.20. The molecular weight excluding hydrogens is 683 g/mol. The third-order valence-corrected chi connectivity index (χ3v) is 9.05. The minimum Gasteiger partial charge on any atom is -0.487 e. The fourth-order valence-electron chi connectivity index (χ4n) is 4.28. The maximum Gasteiger partial charge on any atom is 0.259 e. The van der Waals surface area contributed by atoms with E-state index in [1.165, 1.54) is 4.88 Å². The number of amides is 1. The number of nitrogens with zero attached hydrogens (tertiary/aromatic N) is 1. The maximum atomic E-state index is 13.3. The molecule has 5 rings (SSSR count). The SMILES string of the molecule is O=C(Nc1ccccc1)c1c(N=Cc2cc(Br)c(OCc3ccccc3Cl)c(I)c2)sc2c1CCCC2. The summed E-state index contributed by atoms with van der Waals surface area (Å²) in [6.07, 6.45) is 5.99. The molecular formula is C29H23BrClIN2O2S. The monoisotopic (exact) mass is 704 g/mol. The average molecular weight is 706 g/mol. The summed E-state index contributed by atoms with van der Waals surface area (Å²) < 4.78 is 7.87. The van der Waals surface area contributed by atoms with Crippen molar-refractivity contribution in [2.24, 2.45) is 4.99 Å². The Balaban J connectivity index is 1.39. The molecule has 37 heavy (non-hydrogen) atoms. The number of nitrogens with one attached hydrogen (secondary N) is 1. The van der Waals surface area contributed by atoms with E-state index in [-0.39, 0.29) is 5.91 Å². The van der Waals surface area contributed by atoms with Crippen molar-refractivity contribution in [3.63, 3.8) is 0 Å². The second-order valence-electron chi connectivity index (χ2n) is 8.66. The number of aryl methyl sites for hydroxylation is 1. The number of para-hydroxylation sites is 1. The van der Waals surface area contributed by atoms with Gasteiger partial charge in [0.15, 0.2) is 0 Å². The van der Waals surface area contributed by atoms with E-state index in [9.17, 15) is 4.79 Å². The molecule has 0 bridgehead atoms. The lowest BCUT2D eigenvalue weighted by atomic mass is 9.95. The first kappa shape index (κ1) is 26.4. The van der Waals surface area contributed by atoms with Crippen LogP contribution in [-0.4, -0.2) is 12.1 Å². The first-order chi connectivity index (χ1) is 18.0. The van der Waals surface area contributed by atoms with E-state index in [2.05, 4.69) is 43.8 Å². The number of thiophene rings is 1. The smallest absolute Gasteiger partial charge is 0.259 e. The molecule has 0 spiro atoms. The van der Waals surface area contributed by atoms with Crippen molar-refractivity contribution >= 4 is 84.3 Å². The number of carbonyl (C=O) groups excluding carboxylic acids is 1. The largest absolute Gasteiger partial charge is 0.487 e. The first-order valence-electron chi connectivity index (χ1n) is 11.9. The highest BCUT2D eigenvalue weighted by atomic mass is 127. The number of carbonyl (C=O) groups is 1. The van der Waals surface area contributed by atoms with Crippen LogP contribution in [-0.2, 0) is 19.4 Å². The normalized spacial score (nSPS) is 12.9. The van der Waals surface area contributed by atoms with Crippen LogP contribution >= 0.6 is 61.5 Å². The van der Waals surface area contributed by atoms with Gasteiger partial charge in [-0.1, -0.05) is 48.0 Å². The van der Waals surface area contributed by atoms with Crippen LogP contribution in [0.4, 0.5) is 10.7 Å². The van der Waals surface area contributed by atoms with Gasteiger partial charge in [0.25, 0.3) is 5.91 Å². The Morgan fingerprint density at radius 2 is 1.86 bits per heavy atom. The molecule has 1 aliphatic carbocycles. The molecule has 1 amide bonds. The summed E-state index contributed by atoms with van der Waals surface area (Å²) in [5.74, 6) is 0.656. The maximum absolute atomic E-state index is 13.3. The molecule has 1 aromatic heterocycles. The second kappa shape index (κ2) is 12.1. The van der Waals surface area contributed by atoms with Gasteiger partial charge < -0.3 is 10.1 Å². The van der Waals surface area contributed by atoms with Crippen LogP contribution in [0.1, 0.15) is 44.8 Å². The van der Waals surface area contributed by atoms with Crippen molar-refractivity contribution in [2.75, 3.05) is 5.32 Å². The van der Waals surface area contributed by atoms with E-state index in [0.29, 0.717) is 17.2 Å². The highest BCUT2D eigenvalue weighted by Gasteiger charge is 2.25. The number of hydrogen-bond acceptors (Lipinski definition) is 4. The van der Waals surface area contributed by atoms with Crippen LogP contribution in [0.3, 0.4) is 0 Å². The summed E-state index contributed by atoms with van der Waals surface area (Å²) in [6.45, 7) is 0.377. The van der Waals surface area contributed by atoms with Crippen molar-refractivity contribution in [1.82, 2.24) is 0 Å². The average Bonchev–Trinajstić information content (AvgIpc) is 3.27. The first-order valence-corrected chi connectivity index (χ1v) is 15.0. The summed E-state index contributed by atoms with van der Waals surface area (Å²) in [5, 5.41) is 4.49. The minimum absolute atomic E-state index is 0.100. The summed E-state index contributed by atoms with van der Waals surface area (Å²) in [5.41, 5.74) is 4.48. The number of hydrogen-bond donors (Lipinski definition) is 1. The Kier molecular flexibility index (Phi) is 8.64. The van der Waals surface area contributed by atoms with Gasteiger partial charge in [-0.3, -0.25) is 4.79 Å². The summed E-state index contributed by atoms with van der Waals surface area (Å²) in [4.78, 5) is 19.4. The molecule has 4 nitrogen and oxygen atoms in total. The lowest BCUT2D eigenvalue weighted by molar-refractivity contribution is 0.102. The van der Waals surface area contributed by atoms with Crippen LogP contribution in [0.5, 0.6) is 5.75 Å². The molecule has 1 N–H and O–H groups in total.